The number of hydrogen-bond donors (Lipinski definition) is 1. The molecule has 1 aromatic heterocycles. The fourth-order valence-electron chi connectivity index (χ4n) is 2.48. The van der Waals surface area contributed by atoms with Crippen LogP contribution in [-0.4, -0.2) is 54.2 Å². The SMILES string of the molecule is CCC1COCCN1S(=O)(=O)c1cc(C(=O)O)n(CC)c1. The molecule has 7 nitrogen and oxygen atoms in total. The number of morpholine rings is 1. The summed E-state index contributed by atoms with van der Waals surface area (Å²) < 4.78 is 33.6. The number of nitrogens with zero attached hydrogens (tertiary/aromatic N) is 2. The van der Waals surface area contributed by atoms with Crippen LogP contribution in [0.5, 0.6) is 0 Å². The molecule has 2 heterocycles. The van der Waals surface area contributed by atoms with Gasteiger partial charge in [0.25, 0.3) is 0 Å². The number of sulfonamides is 1. The summed E-state index contributed by atoms with van der Waals surface area (Å²) in [5.41, 5.74) is -0.0163. The van der Waals surface area contributed by atoms with Crippen molar-refractivity contribution >= 4 is 16.0 Å². The van der Waals surface area contributed by atoms with Gasteiger partial charge in [0.15, 0.2) is 0 Å². The molecule has 1 saturated heterocycles. The van der Waals surface area contributed by atoms with Gasteiger partial charge in [0.2, 0.25) is 10.0 Å². The topological polar surface area (TPSA) is 88.8 Å². The van der Waals surface area contributed by atoms with E-state index < -0.39 is 16.0 Å². The number of hydrogen-bond acceptors (Lipinski definition) is 4. The summed E-state index contributed by atoms with van der Waals surface area (Å²) in [6.07, 6.45) is 2.04. The van der Waals surface area contributed by atoms with Gasteiger partial charge in [0.05, 0.1) is 13.2 Å². The van der Waals surface area contributed by atoms with E-state index in [0.29, 0.717) is 32.7 Å². The fourth-order valence-corrected chi connectivity index (χ4v) is 4.19. The van der Waals surface area contributed by atoms with Crippen LogP contribution in [0.1, 0.15) is 30.8 Å². The van der Waals surface area contributed by atoms with Crippen molar-refractivity contribution in [3.8, 4) is 0 Å². The summed E-state index contributed by atoms with van der Waals surface area (Å²) in [4.78, 5) is 11.2. The molecule has 0 spiro atoms. The second kappa shape index (κ2) is 6.17. The molecule has 1 fully saturated rings. The minimum Gasteiger partial charge on any atom is -0.477 e. The molecule has 0 bridgehead atoms. The second-order valence-electron chi connectivity index (χ2n) is 4.90. The van der Waals surface area contributed by atoms with Crippen LogP contribution in [-0.2, 0) is 21.3 Å². The molecule has 1 unspecified atom stereocenters. The zero-order chi connectivity index (χ0) is 15.6. The Labute approximate surface area is 124 Å². The molecule has 0 amide bonds. The largest absolute Gasteiger partial charge is 0.477 e. The fraction of sp³-hybridized carbons (Fsp3) is 0.615. The molecule has 1 aliphatic rings. The van der Waals surface area contributed by atoms with Crippen molar-refractivity contribution in [3.05, 3.63) is 18.0 Å². The van der Waals surface area contributed by atoms with Crippen LogP contribution in [0.3, 0.4) is 0 Å². The average molecular weight is 316 g/mol. The summed E-state index contributed by atoms with van der Waals surface area (Å²) in [7, 11) is -3.70. The number of aromatic nitrogens is 1. The van der Waals surface area contributed by atoms with Gasteiger partial charge >= 0.3 is 5.97 Å². The molecule has 21 heavy (non-hydrogen) atoms. The minimum absolute atomic E-state index is 0.0163. The van der Waals surface area contributed by atoms with E-state index in [4.69, 9.17) is 9.84 Å². The summed E-state index contributed by atoms with van der Waals surface area (Å²) in [5.74, 6) is -1.13. The first kappa shape index (κ1) is 16.0. The van der Waals surface area contributed by atoms with E-state index in [-0.39, 0.29) is 16.6 Å². The molecule has 1 atom stereocenters. The van der Waals surface area contributed by atoms with Crippen molar-refractivity contribution in [3.63, 3.8) is 0 Å². The monoisotopic (exact) mass is 316 g/mol. The number of aromatic carboxylic acids is 1. The van der Waals surface area contributed by atoms with Crippen LogP contribution < -0.4 is 0 Å². The van der Waals surface area contributed by atoms with Gasteiger partial charge in [-0.2, -0.15) is 4.31 Å². The van der Waals surface area contributed by atoms with Crippen molar-refractivity contribution in [2.45, 2.75) is 37.8 Å². The van der Waals surface area contributed by atoms with Gasteiger partial charge in [-0.3, -0.25) is 0 Å². The maximum atomic E-state index is 12.7. The quantitative estimate of drug-likeness (QED) is 0.875. The molecule has 118 valence electrons. The van der Waals surface area contributed by atoms with E-state index in [1.807, 2.05) is 6.92 Å². The Bertz CT molecular complexity index is 623. The third-order valence-corrected chi connectivity index (χ3v) is 5.60. The molecule has 8 heteroatoms. The van der Waals surface area contributed by atoms with Crippen molar-refractivity contribution in [1.82, 2.24) is 8.87 Å². The Kier molecular flexibility index (Phi) is 4.70. The number of carbonyl (C=O) groups is 1. The first-order valence-electron chi connectivity index (χ1n) is 6.94. The number of aryl methyl sites for hydroxylation is 1. The standard InChI is InChI=1S/C13H20N2O5S/c1-3-10-9-20-6-5-15(10)21(18,19)11-7-12(13(16)17)14(4-2)8-11/h7-8,10H,3-6,9H2,1-2H3,(H,16,17). The van der Waals surface area contributed by atoms with Gasteiger partial charge < -0.3 is 14.4 Å². The molecular weight excluding hydrogens is 296 g/mol. The lowest BCUT2D eigenvalue weighted by Gasteiger charge is -2.33. The summed E-state index contributed by atoms with van der Waals surface area (Å²) in [6.45, 7) is 5.10. The maximum absolute atomic E-state index is 12.7. The summed E-state index contributed by atoms with van der Waals surface area (Å²) >= 11 is 0. The Morgan fingerprint density at radius 1 is 1.48 bits per heavy atom. The predicted molar refractivity (Wildman–Crippen MR) is 75.9 cm³/mol. The zero-order valence-corrected chi connectivity index (χ0v) is 13.0. The van der Waals surface area contributed by atoms with Crippen molar-refractivity contribution in [1.29, 1.82) is 0 Å². The van der Waals surface area contributed by atoms with Crippen LogP contribution in [0.25, 0.3) is 0 Å². The highest BCUT2D eigenvalue weighted by Gasteiger charge is 2.34. The van der Waals surface area contributed by atoms with Crippen LogP contribution in [0.15, 0.2) is 17.2 Å². The lowest BCUT2D eigenvalue weighted by molar-refractivity contribution is 0.0314. The third kappa shape index (κ3) is 2.97. The Balaban J connectivity index is 2.41. The smallest absolute Gasteiger partial charge is 0.352 e. The van der Waals surface area contributed by atoms with Gasteiger partial charge in [-0.05, 0) is 19.4 Å². The molecule has 0 aromatic carbocycles. The normalized spacial score (nSPS) is 20.6. The van der Waals surface area contributed by atoms with Crippen molar-refractivity contribution in [2.24, 2.45) is 0 Å². The third-order valence-electron chi connectivity index (χ3n) is 3.68. The van der Waals surface area contributed by atoms with Crippen LogP contribution in [0.4, 0.5) is 0 Å². The van der Waals surface area contributed by atoms with E-state index in [1.54, 1.807) is 6.92 Å². The average Bonchev–Trinajstić information content (AvgIpc) is 2.92. The van der Waals surface area contributed by atoms with Gasteiger partial charge in [-0.1, -0.05) is 6.92 Å². The van der Waals surface area contributed by atoms with Gasteiger partial charge in [-0.15, -0.1) is 0 Å². The maximum Gasteiger partial charge on any atom is 0.352 e. The van der Waals surface area contributed by atoms with Crippen molar-refractivity contribution in [2.75, 3.05) is 19.8 Å². The minimum atomic E-state index is -3.70. The molecule has 1 N–H and O–H groups in total. The number of carboxylic acid groups (broad SMARTS) is 1. The van der Waals surface area contributed by atoms with Gasteiger partial charge in [-0.25, -0.2) is 13.2 Å². The molecule has 1 aromatic rings. The number of rotatable bonds is 5. The van der Waals surface area contributed by atoms with Gasteiger partial charge in [0.1, 0.15) is 10.6 Å². The Morgan fingerprint density at radius 3 is 2.71 bits per heavy atom. The highest BCUT2D eigenvalue weighted by Crippen LogP contribution is 2.24. The second-order valence-corrected chi connectivity index (χ2v) is 6.80. The van der Waals surface area contributed by atoms with E-state index in [9.17, 15) is 13.2 Å². The molecule has 1 aliphatic heterocycles. The van der Waals surface area contributed by atoms with Crippen molar-refractivity contribution < 1.29 is 23.1 Å². The first-order valence-corrected chi connectivity index (χ1v) is 8.38. The number of ether oxygens (including phenoxy) is 1. The highest BCUT2D eigenvalue weighted by atomic mass is 32.2. The Hall–Kier alpha value is -1.38. The van der Waals surface area contributed by atoms with E-state index in [0.717, 1.165) is 0 Å². The zero-order valence-electron chi connectivity index (χ0n) is 12.2. The lowest BCUT2D eigenvalue weighted by Crippen LogP contribution is -2.48. The predicted octanol–water partition coefficient (Wildman–Crippen LogP) is 1.01. The highest BCUT2D eigenvalue weighted by molar-refractivity contribution is 7.89. The molecule has 2 rings (SSSR count). The lowest BCUT2D eigenvalue weighted by atomic mass is 10.2. The molecule has 0 aliphatic carbocycles. The van der Waals surface area contributed by atoms with Crippen LogP contribution in [0.2, 0.25) is 0 Å². The van der Waals surface area contributed by atoms with E-state index in [1.165, 1.54) is 21.1 Å². The van der Waals surface area contributed by atoms with Crippen LogP contribution >= 0.6 is 0 Å². The first-order chi connectivity index (χ1) is 9.91. The summed E-state index contributed by atoms with van der Waals surface area (Å²) in [6, 6.07) is 1.02. The molecule has 0 radical (unpaired) electrons. The Morgan fingerprint density at radius 2 is 2.19 bits per heavy atom. The number of carboxylic acids is 1. The molecule has 0 saturated carbocycles. The molecular formula is C13H20N2O5S. The van der Waals surface area contributed by atoms with Gasteiger partial charge in [0, 0.05) is 25.3 Å². The van der Waals surface area contributed by atoms with E-state index >= 15 is 0 Å². The van der Waals surface area contributed by atoms with E-state index in [2.05, 4.69) is 0 Å². The summed E-state index contributed by atoms with van der Waals surface area (Å²) in [5, 5.41) is 9.14. The van der Waals surface area contributed by atoms with Crippen LogP contribution in [0, 0.1) is 0 Å².